The van der Waals surface area contributed by atoms with E-state index in [9.17, 15) is 21.6 Å². The van der Waals surface area contributed by atoms with Crippen LogP contribution < -0.4 is 0 Å². The molecule has 0 aromatic heterocycles. The van der Waals surface area contributed by atoms with Crippen LogP contribution in [-0.4, -0.2) is 32.0 Å². The summed E-state index contributed by atoms with van der Waals surface area (Å²) in [5.41, 5.74) is 1.13. The van der Waals surface area contributed by atoms with Crippen LogP contribution in [0.2, 0.25) is 0 Å². The third-order valence-corrected chi connectivity index (χ3v) is 6.33. The lowest BCUT2D eigenvalue weighted by Gasteiger charge is -2.34. The van der Waals surface area contributed by atoms with Crippen molar-refractivity contribution >= 4 is 10.0 Å². The average Bonchev–Trinajstić information content (AvgIpc) is 2.45. The summed E-state index contributed by atoms with van der Waals surface area (Å²) < 4.78 is 66.0. The largest absolute Gasteiger partial charge is 0.393 e. The van der Waals surface area contributed by atoms with Crippen molar-refractivity contribution in [1.82, 2.24) is 4.31 Å². The van der Waals surface area contributed by atoms with Crippen molar-refractivity contribution in [2.75, 3.05) is 13.1 Å². The number of nitrogens with zero attached hydrogens (tertiary/aromatic N) is 1. The predicted molar refractivity (Wildman–Crippen MR) is 87.4 cm³/mol. The maximum Gasteiger partial charge on any atom is 0.393 e. The topological polar surface area (TPSA) is 37.4 Å². The van der Waals surface area contributed by atoms with Gasteiger partial charge in [-0.05, 0) is 36.8 Å². The maximum atomic E-state index is 13.0. The van der Waals surface area contributed by atoms with Crippen molar-refractivity contribution in [1.29, 1.82) is 0 Å². The van der Waals surface area contributed by atoms with Crippen LogP contribution in [0.4, 0.5) is 13.2 Å². The Bertz CT molecular complexity index is 706. The average molecular weight is 363 g/mol. The molecule has 1 aliphatic rings. The number of rotatable bonds is 2. The van der Waals surface area contributed by atoms with Gasteiger partial charge in [-0.25, -0.2) is 8.42 Å². The molecule has 2 rings (SSSR count). The summed E-state index contributed by atoms with van der Waals surface area (Å²) in [7, 11) is -3.95. The molecule has 1 aromatic rings. The molecule has 1 heterocycles. The Balaban J connectivity index is 2.45. The summed E-state index contributed by atoms with van der Waals surface area (Å²) in [4.78, 5) is 0.114. The molecule has 0 spiro atoms. The molecule has 1 unspecified atom stereocenters. The number of halogens is 3. The first-order chi connectivity index (χ1) is 10.8. The predicted octanol–water partition coefficient (Wildman–Crippen LogP) is 4.26. The summed E-state index contributed by atoms with van der Waals surface area (Å²) in [5.74, 6) is -1.59. The van der Waals surface area contributed by atoms with Crippen LogP contribution in [0.5, 0.6) is 0 Å². The van der Waals surface area contributed by atoms with E-state index in [-0.39, 0.29) is 24.3 Å². The Morgan fingerprint density at radius 1 is 1.17 bits per heavy atom. The first-order valence-corrected chi connectivity index (χ1v) is 9.45. The minimum Gasteiger partial charge on any atom is -0.207 e. The first-order valence-electron chi connectivity index (χ1n) is 8.01. The molecule has 24 heavy (non-hydrogen) atoms. The fourth-order valence-corrected chi connectivity index (χ4v) is 4.93. The molecule has 0 amide bonds. The normalized spacial score (nSPS) is 21.0. The number of aryl methyl sites for hydroxylation is 1. The van der Waals surface area contributed by atoms with E-state index in [0.29, 0.717) is 5.56 Å². The second-order valence-electron chi connectivity index (χ2n) is 7.49. The second-order valence-corrected chi connectivity index (χ2v) is 9.40. The van der Waals surface area contributed by atoms with E-state index in [4.69, 9.17) is 0 Å². The molecule has 136 valence electrons. The van der Waals surface area contributed by atoms with E-state index in [2.05, 4.69) is 0 Å². The number of sulfonamides is 1. The van der Waals surface area contributed by atoms with Gasteiger partial charge in [-0.1, -0.05) is 38.5 Å². The van der Waals surface area contributed by atoms with Gasteiger partial charge >= 0.3 is 6.18 Å². The van der Waals surface area contributed by atoms with Gasteiger partial charge in [-0.3, -0.25) is 0 Å². The van der Waals surface area contributed by atoms with Crippen LogP contribution in [0.15, 0.2) is 23.1 Å². The quantitative estimate of drug-likeness (QED) is 0.787. The maximum absolute atomic E-state index is 13.0. The smallest absolute Gasteiger partial charge is 0.207 e. The summed E-state index contributed by atoms with van der Waals surface area (Å²) in [6.45, 7) is 7.20. The lowest BCUT2D eigenvalue weighted by molar-refractivity contribution is -0.182. The zero-order chi connectivity index (χ0) is 18.3. The van der Waals surface area contributed by atoms with Gasteiger partial charge in [0.15, 0.2) is 0 Å². The van der Waals surface area contributed by atoms with E-state index in [1.807, 2.05) is 27.7 Å². The van der Waals surface area contributed by atoms with Crippen LogP contribution in [-0.2, 0) is 15.4 Å². The Kier molecular flexibility index (Phi) is 5.08. The van der Waals surface area contributed by atoms with Crippen LogP contribution in [0, 0.1) is 12.8 Å². The molecule has 1 aliphatic heterocycles. The molecule has 0 N–H and O–H groups in total. The highest BCUT2D eigenvalue weighted by Gasteiger charge is 2.44. The number of piperidine rings is 1. The Morgan fingerprint density at radius 2 is 1.79 bits per heavy atom. The highest BCUT2D eigenvalue weighted by atomic mass is 32.2. The third-order valence-electron chi connectivity index (χ3n) is 4.41. The number of benzene rings is 1. The van der Waals surface area contributed by atoms with E-state index in [1.165, 1.54) is 6.07 Å². The summed E-state index contributed by atoms with van der Waals surface area (Å²) in [6.07, 6.45) is -4.16. The number of hydrogen-bond acceptors (Lipinski definition) is 2. The molecule has 7 heteroatoms. The summed E-state index contributed by atoms with van der Waals surface area (Å²) >= 11 is 0. The highest BCUT2D eigenvalue weighted by molar-refractivity contribution is 7.89. The van der Waals surface area contributed by atoms with Gasteiger partial charge in [0.25, 0.3) is 0 Å². The second kappa shape index (κ2) is 6.33. The first kappa shape index (κ1) is 19.2. The molecule has 1 aromatic carbocycles. The van der Waals surface area contributed by atoms with Crippen molar-refractivity contribution in [2.45, 2.75) is 57.0 Å². The van der Waals surface area contributed by atoms with Gasteiger partial charge in [-0.2, -0.15) is 17.5 Å². The minimum atomic E-state index is -4.37. The van der Waals surface area contributed by atoms with Crippen LogP contribution >= 0.6 is 0 Å². The number of hydrogen-bond donors (Lipinski definition) is 0. The van der Waals surface area contributed by atoms with Gasteiger partial charge in [-0.15, -0.1) is 0 Å². The number of alkyl halides is 3. The van der Waals surface area contributed by atoms with Crippen molar-refractivity contribution < 1.29 is 21.6 Å². The van der Waals surface area contributed by atoms with E-state index in [0.717, 1.165) is 9.87 Å². The Labute approximate surface area is 141 Å². The lowest BCUT2D eigenvalue weighted by atomic mass is 9.86. The molecule has 1 fully saturated rings. The monoisotopic (exact) mass is 363 g/mol. The lowest BCUT2D eigenvalue weighted by Crippen LogP contribution is -2.45. The van der Waals surface area contributed by atoms with E-state index >= 15 is 0 Å². The molecule has 0 aliphatic carbocycles. The molecule has 0 bridgehead atoms. The van der Waals surface area contributed by atoms with E-state index < -0.39 is 34.1 Å². The Morgan fingerprint density at radius 3 is 2.33 bits per heavy atom. The fourth-order valence-electron chi connectivity index (χ4n) is 3.02. The zero-order valence-electron chi connectivity index (χ0n) is 14.4. The summed E-state index contributed by atoms with van der Waals surface area (Å²) in [6, 6.07) is 5.01. The molecule has 0 saturated carbocycles. The SMILES string of the molecule is Cc1ccc(S(=O)(=O)N2CCCC(C(F)(F)F)C2)c(C(C)(C)C)c1. The molecule has 1 atom stereocenters. The molecule has 3 nitrogen and oxygen atoms in total. The van der Waals surface area contributed by atoms with Crippen LogP contribution in [0.1, 0.15) is 44.7 Å². The van der Waals surface area contributed by atoms with Crippen LogP contribution in [0.3, 0.4) is 0 Å². The van der Waals surface area contributed by atoms with Gasteiger partial charge in [0.1, 0.15) is 0 Å². The molecular weight excluding hydrogens is 339 g/mol. The van der Waals surface area contributed by atoms with Gasteiger partial charge in [0.05, 0.1) is 10.8 Å². The summed E-state index contributed by atoms with van der Waals surface area (Å²) in [5, 5.41) is 0. The van der Waals surface area contributed by atoms with Gasteiger partial charge in [0.2, 0.25) is 10.0 Å². The third kappa shape index (κ3) is 3.94. The zero-order valence-corrected chi connectivity index (χ0v) is 15.3. The van der Waals surface area contributed by atoms with Gasteiger partial charge < -0.3 is 0 Å². The van der Waals surface area contributed by atoms with Crippen LogP contribution in [0.25, 0.3) is 0 Å². The molecule has 1 saturated heterocycles. The van der Waals surface area contributed by atoms with Crippen molar-refractivity contribution in [3.05, 3.63) is 29.3 Å². The minimum absolute atomic E-state index is 0.0183. The fraction of sp³-hybridized carbons (Fsp3) is 0.647. The standard InChI is InChI=1S/C17H24F3NO2S/c1-12-7-8-15(14(10-12)16(2,3)4)24(22,23)21-9-5-6-13(11-21)17(18,19)20/h7-8,10,13H,5-6,9,11H2,1-4H3. The van der Waals surface area contributed by atoms with E-state index in [1.54, 1.807) is 12.1 Å². The van der Waals surface area contributed by atoms with Crippen molar-refractivity contribution in [2.24, 2.45) is 5.92 Å². The molecule has 0 radical (unpaired) electrons. The molecular formula is C17H24F3NO2S. The highest BCUT2D eigenvalue weighted by Crippen LogP contribution is 2.37. The van der Waals surface area contributed by atoms with Crippen molar-refractivity contribution in [3.63, 3.8) is 0 Å². The van der Waals surface area contributed by atoms with Gasteiger partial charge in [0, 0.05) is 13.1 Å². The Hall–Kier alpha value is -1.08. The van der Waals surface area contributed by atoms with Crippen molar-refractivity contribution in [3.8, 4) is 0 Å².